The van der Waals surface area contributed by atoms with E-state index in [2.05, 4.69) is 26.0 Å². The summed E-state index contributed by atoms with van der Waals surface area (Å²) in [4.78, 5) is 4.32. The van der Waals surface area contributed by atoms with Gasteiger partial charge >= 0.3 is 0 Å². The van der Waals surface area contributed by atoms with Crippen LogP contribution in [0.1, 0.15) is 17.0 Å². The van der Waals surface area contributed by atoms with Gasteiger partial charge in [0, 0.05) is 10.7 Å². The van der Waals surface area contributed by atoms with Crippen molar-refractivity contribution >= 4 is 27.5 Å². The summed E-state index contributed by atoms with van der Waals surface area (Å²) in [5, 5.41) is 5.05. The van der Waals surface area contributed by atoms with Gasteiger partial charge in [-0.2, -0.15) is 5.10 Å². The van der Waals surface area contributed by atoms with Crippen LogP contribution in [-0.4, -0.2) is 14.8 Å². The molecule has 3 nitrogen and oxygen atoms in total. The molecule has 2 rings (SSSR count). The van der Waals surface area contributed by atoms with Gasteiger partial charge in [-0.15, -0.1) is 0 Å². The van der Waals surface area contributed by atoms with Crippen molar-refractivity contribution in [2.45, 2.75) is 20.8 Å². The second-order valence-electron chi connectivity index (χ2n) is 3.69. The number of aromatic nitrogens is 3. The Hall–Kier alpha value is -0.870. The summed E-state index contributed by atoms with van der Waals surface area (Å²) in [5.41, 5.74) is 2.85. The second-order valence-corrected chi connectivity index (χ2v) is 4.92. The van der Waals surface area contributed by atoms with Crippen molar-refractivity contribution in [3.63, 3.8) is 0 Å². The van der Waals surface area contributed by atoms with Crippen molar-refractivity contribution < 1.29 is 0 Å². The van der Waals surface area contributed by atoms with Crippen LogP contribution in [0.15, 0.2) is 16.7 Å². The highest BCUT2D eigenvalue weighted by molar-refractivity contribution is 9.10. The van der Waals surface area contributed by atoms with Crippen LogP contribution in [0.3, 0.4) is 0 Å². The molecule has 0 bridgehead atoms. The van der Waals surface area contributed by atoms with E-state index in [9.17, 15) is 0 Å². The van der Waals surface area contributed by atoms with Crippen LogP contribution in [0, 0.1) is 20.8 Å². The quantitative estimate of drug-likeness (QED) is 0.805. The van der Waals surface area contributed by atoms with Crippen LogP contribution in [0.4, 0.5) is 0 Å². The van der Waals surface area contributed by atoms with E-state index in [1.54, 1.807) is 10.9 Å². The number of pyridine rings is 1. The summed E-state index contributed by atoms with van der Waals surface area (Å²) in [6.45, 7) is 5.83. The van der Waals surface area contributed by atoms with Crippen LogP contribution in [0.5, 0.6) is 0 Å². The van der Waals surface area contributed by atoms with Crippen LogP contribution >= 0.6 is 27.5 Å². The highest BCUT2D eigenvalue weighted by Gasteiger charge is 2.11. The van der Waals surface area contributed by atoms with Crippen LogP contribution in [0.25, 0.3) is 5.82 Å². The molecule has 0 saturated carbocycles. The van der Waals surface area contributed by atoms with E-state index >= 15 is 0 Å². The minimum atomic E-state index is 0.697. The minimum Gasteiger partial charge on any atom is -0.236 e. The van der Waals surface area contributed by atoms with Crippen molar-refractivity contribution in [3.8, 4) is 5.82 Å². The van der Waals surface area contributed by atoms with E-state index in [0.29, 0.717) is 5.02 Å². The summed E-state index contributed by atoms with van der Waals surface area (Å²) in [6.07, 6.45) is 1.77. The van der Waals surface area contributed by atoms with E-state index in [1.165, 1.54) is 0 Å². The summed E-state index contributed by atoms with van der Waals surface area (Å²) in [5.74, 6) is 0.785. The largest absolute Gasteiger partial charge is 0.236 e. The van der Waals surface area contributed by atoms with E-state index < -0.39 is 0 Å². The molecule has 0 fully saturated rings. The lowest BCUT2D eigenvalue weighted by Gasteiger charge is -2.05. The molecule has 0 radical (unpaired) electrons. The lowest BCUT2D eigenvalue weighted by Crippen LogP contribution is -2.02. The zero-order valence-corrected chi connectivity index (χ0v) is 11.6. The lowest BCUT2D eigenvalue weighted by molar-refractivity contribution is 0.804. The summed E-state index contributed by atoms with van der Waals surface area (Å²) < 4.78 is 2.75. The van der Waals surface area contributed by atoms with E-state index in [1.807, 2.05) is 26.8 Å². The van der Waals surface area contributed by atoms with Gasteiger partial charge < -0.3 is 0 Å². The van der Waals surface area contributed by atoms with Gasteiger partial charge in [-0.25, -0.2) is 9.67 Å². The first-order valence-electron chi connectivity index (χ1n) is 4.85. The molecule has 0 aliphatic rings. The molecule has 0 aliphatic carbocycles. The number of rotatable bonds is 1. The van der Waals surface area contributed by atoms with Gasteiger partial charge in [0.15, 0.2) is 5.82 Å². The number of halogens is 2. The SMILES string of the molecule is Cc1cc(-n2nc(C)c(Cl)c2C)ncc1Br. The average Bonchev–Trinajstić information content (AvgIpc) is 2.50. The molecule has 2 aromatic heterocycles. The Morgan fingerprint density at radius 1 is 1.31 bits per heavy atom. The topological polar surface area (TPSA) is 30.7 Å². The highest BCUT2D eigenvalue weighted by atomic mass is 79.9. The number of nitrogens with zero attached hydrogens (tertiary/aromatic N) is 3. The van der Waals surface area contributed by atoms with Crippen LogP contribution in [0.2, 0.25) is 5.02 Å². The van der Waals surface area contributed by atoms with Gasteiger partial charge in [0.1, 0.15) is 0 Å². The molecule has 0 unspecified atom stereocenters. The predicted molar refractivity (Wildman–Crippen MR) is 68.3 cm³/mol. The molecule has 5 heteroatoms. The molecule has 0 atom stereocenters. The summed E-state index contributed by atoms with van der Waals surface area (Å²) in [6, 6.07) is 1.97. The summed E-state index contributed by atoms with van der Waals surface area (Å²) >= 11 is 9.52. The first-order valence-corrected chi connectivity index (χ1v) is 6.02. The van der Waals surface area contributed by atoms with Gasteiger partial charge in [0.2, 0.25) is 0 Å². The fraction of sp³-hybridized carbons (Fsp3) is 0.273. The first-order chi connectivity index (χ1) is 7.50. The van der Waals surface area contributed by atoms with Crippen molar-refractivity contribution in [2.75, 3.05) is 0 Å². The smallest absolute Gasteiger partial charge is 0.153 e. The zero-order valence-electron chi connectivity index (χ0n) is 9.25. The second kappa shape index (κ2) is 4.18. The minimum absolute atomic E-state index is 0.697. The first kappa shape index (κ1) is 11.6. The molecule has 84 valence electrons. The molecule has 2 heterocycles. The normalized spacial score (nSPS) is 10.8. The van der Waals surface area contributed by atoms with Crippen molar-refractivity contribution in [1.82, 2.24) is 14.8 Å². The Morgan fingerprint density at radius 2 is 2.00 bits per heavy atom. The Balaban J connectivity index is 2.59. The van der Waals surface area contributed by atoms with E-state index in [-0.39, 0.29) is 0 Å². The maximum Gasteiger partial charge on any atom is 0.153 e. The monoisotopic (exact) mass is 299 g/mol. The Morgan fingerprint density at radius 3 is 2.50 bits per heavy atom. The third-order valence-electron chi connectivity index (χ3n) is 2.45. The molecule has 0 spiro atoms. The molecule has 0 N–H and O–H groups in total. The molecule has 0 saturated heterocycles. The molecule has 0 aromatic carbocycles. The third-order valence-corrected chi connectivity index (χ3v) is 3.83. The summed E-state index contributed by atoms with van der Waals surface area (Å²) in [7, 11) is 0. The Bertz CT molecular complexity index is 548. The molecular weight excluding hydrogens is 289 g/mol. The molecular formula is C11H11BrClN3. The fourth-order valence-corrected chi connectivity index (χ4v) is 1.82. The number of aryl methyl sites for hydroxylation is 2. The van der Waals surface area contributed by atoms with Crippen LogP contribution in [-0.2, 0) is 0 Å². The van der Waals surface area contributed by atoms with Gasteiger partial charge in [0.05, 0.1) is 16.4 Å². The maximum atomic E-state index is 6.10. The van der Waals surface area contributed by atoms with E-state index in [4.69, 9.17) is 11.6 Å². The zero-order chi connectivity index (χ0) is 11.9. The Kier molecular flexibility index (Phi) is 3.04. The predicted octanol–water partition coefficient (Wildman–Crippen LogP) is 3.61. The number of hydrogen-bond acceptors (Lipinski definition) is 2. The average molecular weight is 301 g/mol. The fourth-order valence-electron chi connectivity index (χ4n) is 1.49. The standard InChI is InChI=1S/C11H11BrClN3/c1-6-4-10(14-5-9(6)12)16-8(3)11(13)7(2)15-16/h4-5H,1-3H3. The number of hydrogen-bond donors (Lipinski definition) is 0. The van der Waals surface area contributed by atoms with Gasteiger partial charge in [0.25, 0.3) is 0 Å². The lowest BCUT2D eigenvalue weighted by atomic mass is 10.3. The maximum absolute atomic E-state index is 6.10. The van der Waals surface area contributed by atoms with Crippen molar-refractivity contribution in [3.05, 3.63) is 38.7 Å². The van der Waals surface area contributed by atoms with Gasteiger partial charge in [-0.1, -0.05) is 11.6 Å². The third kappa shape index (κ3) is 1.87. The highest BCUT2D eigenvalue weighted by Crippen LogP contribution is 2.23. The molecule has 16 heavy (non-hydrogen) atoms. The van der Waals surface area contributed by atoms with Gasteiger partial charge in [-0.05, 0) is 48.3 Å². The molecule has 2 aromatic rings. The van der Waals surface area contributed by atoms with Gasteiger partial charge in [-0.3, -0.25) is 0 Å². The van der Waals surface area contributed by atoms with Crippen molar-refractivity contribution in [1.29, 1.82) is 0 Å². The molecule has 0 aliphatic heterocycles. The van der Waals surface area contributed by atoms with Crippen molar-refractivity contribution in [2.24, 2.45) is 0 Å². The molecule has 0 amide bonds. The van der Waals surface area contributed by atoms with E-state index in [0.717, 1.165) is 27.2 Å². The Labute approximate surface area is 108 Å². The van der Waals surface area contributed by atoms with Crippen LogP contribution < -0.4 is 0 Å².